The topological polar surface area (TPSA) is 92.5 Å². The minimum atomic E-state index is -0.699. The van der Waals surface area contributed by atoms with E-state index in [0.29, 0.717) is 32.1 Å². The van der Waals surface area contributed by atoms with Gasteiger partial charge in [0.05, 0.1) is 31.4 Å². The number of aliphatic hydroxyl groups excluding tert-OH is 1. The van der Waals surface area contributed by atoms with Gasteiger partial charge in [-0.3, -0.25) is 14.5 Å². The fourth-order valence-electron chi connectivity index (χ4n) is 4.52. The molecule has 188 valence electrons. The number of hydrogen-bond donors (Lipinski definition) is 1. The van der Waals surface area contributed by atoms with E-state index in [4.69, 9.17) is 13.9 Å². The lowest BCUT2D eigenvalue weighted by Gasteiger charge is -2.30. The maximum Gasteiger partial charge on any atom is 0.290 e. The number of unbranched alkanes of at least 4 members (excludes halogenated alkanes) is 1. The second kappa shape index (κ2) is 11.6. The zero-order chi connectivity index (χ0) is 24.8. The molecule has 0 aliphatic carbocycles. The van der Waals surface area contributed by atoms with Crippen molar-refractivity contribution in [2.24, 2.45) is 0 Å². The van der Waals surface area contributed by atoms with Gasteiger partial charge in [0, 0.05) is 26.2 Å². The first-order valence-corrected chi connectivity index (χ1v) is 12.4. The summed E-state index contributed by atoms with van der Waals surface area (Å²) in [7, 11) is 0. The molecule has 1 aromatic heterocycles. The molecule has 1 saturated heterocycles. The van der Waals surface area contributed by atoms with E-state index in [1.807, 2.05) is 24.3 Å². The number of rotatable bonds is 11. The quantitative estimate of drug-likeness (QED) is 0.381. The number of morpholine rings is 1. The molecule has 2 aromatic rings. The summed E-state index contributed by atoms with van der Waals surface area (Å²) in [5.74, 6) is -0.0987. The number of nitrogens with zero attached hydrogens (tertiary/aromatic N) is 2. The SMILES string of the molecule is CCCCOc1ccc([C@@H]2C(C(=O)c3ccc(C)o3)=C(O)C(=O)N2CCCN2CCOCC2)cc1. The lowest BCUT2D eigenvalue weighted by Crippen LogP contribution is -2.39. The summed E-state index contributed by atoms with van der Waals surface area (Å²) in [5, 5.41) is 10.8. The van der Waals surface area contributed by atoms with Gasteiger partial charge in [-0.15, -0.1) is 0 Å². The van der Waals surface area contributed by atoms with Gasteiger partial charge >= 0.3 is 0 Å². The molecule has 0 unspecified atom stereocenters. The van der Waals surface area contributed by atoms with Crippen molar-refractivity contribution in [3.63, 3.8) is 0 Å². The molecule has 8 nitrogen and oxygen atoms in total. The van der Waals surface area contributed by atoms with Crippen LogP contribution in [0.2, 0.25) is 0 Å². The Morgan fingerprint density at radius 2 is 1.83 bits per heavy atom. The Bertz CT molecular complexity index is 1050. The van der Waals surface area contributed by atoms with Crippen molar-refractivity contribution < 1.29 is 28.6 Å². The summed E-state index contributed by atoms with van der Waals surface area (Å²) in [6.45, 7) is 8.85. The maximum atomic E-state index is 13.4. The Hall–Kier alpha value is -3.10. The average Bonchev–Trinajstić information content (AvgIpc) is 3.41. The second-order valence-electron chi connectivity index (χ2n) is 8.98. The zero-order valence-electron chi connectivity index (χ0n) is 20.5. The summed E-state index contributed by atoms with van der Waals surface area (Å²) in [5.41, 5.74) is 0.790. The molecule has 2 aliphatic heterocycles. The molecule has 1 fully saturated rings. The Morgan fingerprint density at radius 3 is 2.49 bits per heavy atom. The Morgan fingerprint density at radius 1 is 1.09 bits per heavy atom. The molecule has 8 heteroatoms. The Kier molecular flexibility index (Phi) is 8.25. The van der Waals surface area contributed by atoms with Crippen LogP contribution in [0.4, 0.5) is 0 Å². The number of Topliss-reactive ketones (excluding diaryl/α,β-unsaturated/α-hetero) is 1. The van der Waals surface area contributed by atoms with E-state index in [1.54, 1.807) is 24.0 Å². The summed E-state index contributed by atoms with van der Waals surface area (Å²) in [4.78, 5) is 30.4. The van der Waals surface area contributed by atoms with Crippen LogP contribution in [0.5, 0.6) is 5.75 Å². The molecule has 1 atom stereocenters. The first-order valence-electron chi connectivity index (χ1n) is 12.4. The molecule has 1 amide bonds. The molecule has 2 aliphatic rings. The molecule has 0 saturated carbocycles. The predicted molar refractivity (Wildman–Crippen MR) is 131 cm³/mol. The van der Waals surface area contributed by atoms with Gasteiger partial charge in [0.1, 0.15) is 11.5 Å². The minimum Gasteiger partial charge on any atom is -0.503 e. The lowest BCUT2D eigenvalue weighted by molar-refractivity contribution is -0.129. The molecule has 1 aromatic carbocycles. The lowest BCUT2D eigenvalue weighted by atomic mass is 9.95. The fraction of sp³-hybridized carbons (Fsp3) is 0.481. The Labute approximate surface area is 206 Å². The van der Waals surface area contributed by atoms with E-state index in [-0.39, 0.29) is 11.3 Å². The van der Waals surface area contributed by atoms with E-state index in [1.165, 1.54) is 0 Å². The molecular formula is C27H34N2O6. The molecule has 4 rings (SSSR count). The van der Waals surface area contributed by atoms with Crippen LogP contribution in [0.1, 0.15) is 54.1 Å². The maximum absolute atomic E-state index is 13.4. The van der Waals surface area contributed by atoms with E-state index in [2.05, 4.69) is 11.8 Å². The zero-order valence-corrected chi connectivity index (χ0v) is 20.5. The number of benzene rings is 1. The summed E-state index contributed by atoms with van der Waals surface area (Å²) in [6, 6.07) is 9.96. The monoisotopic (exact) mass is 482 g/mol. The Balaban J connectivity index is 1.57. The highest BCUT2D eigenvalue weighted by Gasteiger charge is 2.44. The molecule has 35 heavy (non-hydrogen) atoms. The van der Waals surface area contributed by atoms with Gasteiger partial charge in [-0.2, -0.15) is 0 Å². The summed E-state index contributed by atoms with van der Waals surface area (Å²) in [6.07, 6.45) is 2.73. The first-order chi connectivity index (χ1) is 17.0. The van der Waals surface area contributed by atoms with Crippen LogP contribution in [0.25, 0.3) is 0 Å². The number of amides is 1. The van der Waals surface area contributed by atoms with Crippen molar-refractivity contribution in [1.82, 2.24) is 9.80 Å². The first kappa shape index (κ1) is 25.0. The molecule has 1 N–H and O–H groups in total. The number of furan rings is 1. The number of aryl methyl sites for hydroxylation is 1. The van der Waals surface area contributed by atoms with Crippen molar-refractivity contribution in [1.29, 1.82) is 0 Å². The van der Waals surface area contributed by atoms with Crippen LogP contribution < -0.4 is 4.74 Å². The van der Waals surface area contributed by atoms with E-state index >= 15 is 0 Å². The highest BCUT2D eigenvalue weighted by atomic mass is 16.5. The van der Waals surface area contributed by atoms with Gasteiger partial charge in [0.15, 0.2) is 11.5 Å². The molecule has 0 spiro atoms. The number of carbonyl (C=O) groups is 2. The molecule has 3 heterocycles. The van der Waals surface area contributed by atoms with Crippen LogP contribution in [0.3, 0.4) is 0 Å². The average molecular weight is 483 g/mol. The van der Waals surface area contributed by atoms with Gasteiger partial charge in [-0.25, -0.2) is 0 Å². The number of aliphatic hydroxyl groups is 1. The van der Waals surface area contributed by atoms with Crippen molar-refractivity contribution in [3.8, 4) is 5.75 Å². The fourth-order valence-corrected chi connectivity index (χ4v) is 4.52. The molecule has 0 radical (unpaired) electrons. The number of ether oxygens (including phenoxy) is 2. The van der Waals surface area contributed by atoms with Crippen molar-refractivity contribution in [2.45, 2.75) is 39.2 Å². The highest BCUT2D eigenvalue weighted by molar-refractivity contribution is 6.15. The van der Waals surface area contributed by atoms with Gasteiger partial charge in [-0.1, -0.05) is 25.5 Å². The molecular weight excluding hydrogens is 448 g/mol. The number of carbonyl (C=O) groups excluding carboxylic acids is 2. The number of hydrogen-bond acceptors (Lipinski definition) is 7. The summed E-state index contributed by atoms with van der Waals surface area (Å²) < 4.78 is 16.7. The van der Waals surface area contributed by atoms with Crippen molar-refractivity contribution in [2.75, 3.05) is 46.0 Å². The summed E-state index contributed by atoms with van der Waals surface area (Å²) >= 11 is 0. The number of ketones is 1. The highest BCUT2D eigenvalue weighted by Crippen LogP contribution is 2.39. The van der Waals surface area contributed by atoms with Crippen molar-refractivity contribution in [3.05, 3.63) is 64.8 Å². The van der Waals surface area contributed by atoms with Gasteiger partial charge in [0.2, 0.25) is 5.78 Å². The van der Waals surface area contributed by atoms with Crippen LogP contribution in [0.15, 0.2) is 52.1 Å². The van der Waals surface area contributed by atoms with Gasteiger partial charge < -0.3 is 23.9 Å². The third-order valence-corrected chi connectivity index (χ3v) is 6.45. The molecule has 0 bridgehead atoms. The van der Waals surface area contributed by atoms with Crippen LogP contribution in [-0.2, 0) is 9.53 Å². The van der Waals surface area contributed by atoms with E-state index < -0.39 is 23.5 Å². The van der Waals surface area contributed by atoms with Crippen molar-refractivity contribution >= 4 is 11.7 Å². The van der Waals surface area contributed by atoms with Crippen LogP contribution in [-0.4, -0.2) is 72.6 Å². The minimum absolute atomic E-state index is 0.0513. The van der Waals surface area contributed by atoms with E-state index in [9.17, 15) is 14.7 Å². The standard InChI is InChI=1S/C27H34N2O6/c1-3-4-16-34-21-9-7-20(8-10-21)24-23(25(30)22-11-6-19(2)35-22)26(31)27(32)29(24)13-5-12-28-14-17-33-18-15-28/h6-11,24,31H,3-5,12-18H2,1-2H3/t24-/m1/s1. The third-order valence-electron chi connectivity index (χ3n) is 6.45. The van der Waals surface area contributed by atoms with Gasteiger partial charge in [0.25, 0.3) is 5.91 Å². The normalized spacial score (nSPS) is 19.0. The smallest absolute Gasteiger partial charge is 0.290 e. The van der Waals surface area contributed by atoms with Crippen LogP contribution >= 0.6 is 0 Å². The van der Waals surface area contributed by atoms with Crippen LogP contribution in [0, 0.1) is 6.92 Å². The third kappa shape index (κ3) is 5.77. The largest absolute Gasteiger partial charge is 0.503 e. The second-order valence-corrected chi connectivity index (χ2v) is 8.98. The van der Waals surface area contributed by atoms with E-state index in [0.717, 1.165) is 50.2 Å². The predicted octanol–water partition coefficient (Wildman–Crippen LogP) is 4.07. The van der Waals surface area contributed by atoms with Gasteiger partial charge in [-0.05, 0) is 49.6 Å².